The van der Waals surface area contributed by atoms with Crippen LogP contribution >= 0.6 is 0 Å². The Morgan fingerprint density at radius 1 is 1.05 bits per heavy atom. The zero-order valence-electron chi connectivity index (χ0n) is 14.7. The number of hydrogen-bond donors (Lipinski definition) is 1. The molecule has 2 aliphatic rings. The van der Waals surface area contributed by atoms with Gasteiger partial charge in [0.15, 0.2) is 0 Å². The van der Waals surface area contributed by atoms with E-state index in [9.17, 15) is 0 Å². The van der Waals surface area contributed by atoms with Gasteiger partial charge in [0.05, 0.1) is 0 Å². The molecule has 20 heavy (non-hydrogen) atoms. The molecule has 2 rings (SSSR count). The zero-order valence-corrected chi connectivity index (χ0v) is 14.7. The molecule has 0 unspecified atom stereocenters. The second-order valence-electron chi connectivity index (χ2n) is 6.60. The predicted octanol–water partition coefficient (Wildman–Crippen LogP) is 3.07. The quantitative estimate of drug-likeness (QED) is 0.841. The third kappa shape index (κ3) is 14.3. The van der Waals surface area contributed by atoms with Gasteiger partial charge in [-0.05, 0) is 91.9 Å². The highest BCUT2D eigenvalue weighted by Gasteiger charge is 2.10. The summed E-state index contributed by atoms with van der Waals surface area (Å²) >= 11 is 0. The lowest BCUT2D eigenvalue weighted by atomic mass is 10.00. The fraction of sp³-hybridized carbons (Fsp3) is 1.00. The van der Waals surface area contributed by atoms with Crippen LogP contribution in [0.5, 0.6) is 0 Å². The molecule has 0 aliphatic carbocycles. The van der Waals surface area contributed by atoms with Crippen LogP contribution in [0.25, 0.3) is 0 Å². The highest BCUT2D eigenvalue weighted by molar-refractivity contribution is 4.65. The van der Waals surface area contributed by atoms with Crippen molar-refractivity contribution in [1.82, 2.24) is 15.1 Å². The van der Waals surface area contributed by atoms with Gasteiger partial charge in [-0.1, -0.05) is 20.3 Å². The van der Waals surface area contributed by atoms with Gasteiger partial charge in [-0.25, -0.2) is 0 Å². The van der Waals surface area contributed by atoms with Gasteiger partial charge < -0.3 is 15.1 Å². The first-order valence-corrected chi connectivity index (χ1v) is 8.60. The summed E-state index contributed by atoms with van der Waals surface area (Å²) in [7, 11) is 6.37. The predicted molar refractivity (Wildman–Crippen MR) is 91.5 cm³/mol. The van der Waals surface area contributed by atoms with Crippen LogP contribution in [0.2, 0.25) is 0 Å². The molecule has 0 amide bonds. The van der Waals surface area contributed by atoms with E-state index in [-0.39, 0.29) is 0 Å². The zero-order chi connectivity index (χ0) is 15.2. The van der Waals surface area contributed by atoms with E-state index in [0.717, 1.165) is 5.92 Å². The minimum atomic E-state index is 0.978. The Kier molecular flexibility index (Phi) is 13.8. The first-order valence-electron chi connectivity index (χ1n) is 8.60. The summed E-state index contributed by atoms with van der Waals surface area (Å²) in [6.45, 7) is 10.8. The lowest BCUT2D eigenvalue weighted by Gasteiger charge is -2.26. The van der Waals surface area contributed by atoms with E-state index in [4.69, 9.17) is 0 Å². The van der Waals surface area contributed by atoms with Crippen LogP contribution in [-0.4, -0.2) is 63.7 Å². The summed E-state index contributed by atoms with van der Waals surface area (Å²) in [4.78, 5) is 4.58. The molecule has 2 heterocycles. The van der Waals surface area contributed by atoms with Crippen molar-refractivity contribution in [2.45, 2.75) is 52.4 Å². The van der Waals surface area contributed by atoms with Crippen LogP contribution < -0.4 is 5.32 Å². The molecule has 0 radical (unpaired) electrons. The third-order valence-electron chi connectivity index (χ3n) is 3.89. The number of hydrogen-bond acceptors (Lipinski definition) is 3. The molecule has 0 saturated carbocycles. The van der Waals surface area contributed by atoms with E-state index < -0.39 is 0 Å². The number of nitrogens with zero attached hydrogens (tertiary/aromatic N) is 2. The Morgan fingerprint density at radius 3 is 1.80 bits per heavy atom. The maximum atomic E-state index is 3.28. The van der Waals surface area contributed by atoms with E-state index in [1.54, 1.807) is 0 Å². The number of likely N-dealkylation sites (tertiary alicyclic amines) is 1. The van der Waals surface area contributed by atoms with E-state index in [2.05, 4.69) is 50.1 Å². The molecule has 0 atom stereocenters. The van der Waals surface area contributed by atoms with Crippen LogP contribution in [0.1, 0.15) is 52.4 Å². The average molecular weight is 286 g/mol. The minimum Gasteiger partial charge on any atom is -0.317 e. The topological polar surface area (TPSA) is 18.5 Å². The van der Waals surface area contributed by atoms with Crippen molar-refractivity contribution < 1.29 is 0 Å². The van der Waals surface area contributed by atoms with Crippen molar-refractivity contribution in [2.75, 3.05) is 53.9 Å². The summed E-state index contributed by atoms with van der Waals surface area (Å²) in [5.41, 5.74) is 0. The maximum Gasteiger partial charge on any atom is -0.00192 e. The van der Waals surface area contributed by atoms with Gasteiger partial charge in [0.1, 0.15) is 0 Å². The van der Waals surface area contributed by atoms with Crippen LogP contribution in [0, 0.1) is 5.92 Å². The molecule has 0 aromatic carbocycles. The molecule has 0 bridgehead atoms. The average Bonchev–Trinajstić information content (AvgIpc) is 2.45. The lowest BCUT2D eigenvalue weighted by Crippen LogP contribution is -2.28. The monoisotopic (exact) mass is 285 g/mol. The Morgan fingerprint density at radius 2 is 1.60 bits per heavy atom. The molecular weight excluding hydrogens is 246 g/mol. The minimum absolute atomic E-state index is 0.978. The van der Waals surface area contributed by atoms with Crippen molar-refractivity contribution in [3.05, 3.63) is 0 Å². The van der Waals surface area contributed by atoms with Crippen LogP contribution in [0.15, 0.2) is 0 Å². The smallest absolute Gasteiger partial charge is 0.00192 e. The van der Waals surface area contributed by atoms with Gasteiger partial charge in [0.2, 0.25) is 0 Å². The molecule has 122 valence electrons. The largest absolute Gasteiger partial charge is 0.317 e. The van der Waals surface area contributed by atoms with Gasteiger partial charge in [-0.2, -0.15) is 0 Å². The number of rotatable bonds is 2. The molecule has 2 saturated heterocycles. The van der Waals surface area contributed by atoms with Crippen LogP contribution in [-0.2, 0) is 0 Å². The van der Waals surface area contributed by atoms with Gasteiger partial charge >= 0.3 is 0 Å². The van der Waals surface area contributed by atoms with Gasteiger partial charge in [-0.15, -0.1) is 0 Å². The molecule has 3 heteroatoms. The van der Waals surface area contributed by atoms with Crippen molar-refractivity contribution >= 4 is 0 Å². The Hall–Kier alpha value is -0.120. The number of nitrogens with one attached hydrogen (secondary N) is 1. The lowest BCUT2D eigenvalue weighted by molar-refractivity contribution is 0.230. The Balaban J connectivity index is 0.000000276. The molecule has 0 spiro atoms. The molecular formula is C17H39N3. The van der Waals surface area contributed by atoms with E-state index >= 15 is 0 Å². The molecule has 0 aromatic heterocycles. The summed E-state index contributed by atoms with van der Waals surface area (Å²) < 4.78 is 0. The number of piperidine rings is 2. The van der Waals surface area contributed by atoms with E-state index in [0.29, 0.717) is 0 Å². The highest BCUT2D eigenvalue weighted by atomic mass is 15.1. The molecule has 0 aromatic rings. The first-order chi connectivity index (χ1) is 9.56. The van der Waals surface area contributed by atoms with Gasteiger partial charge in [-0.3, -0.25) is 0 Å². The van der Waals surface area contributed by atoms with Crippen LogP contribution in [0.3, 0.4) is 0 Å². The van der Waals surface area contributed by atoms with Crippen molar-refractivity contribution in [3.8, 4) is 0 Å². The fourth-order valence-corrected chi connectivity index (χ4v) is 2.39. The Labute approximate surface area is 128 Å². The third-order valence-corrected chi connectivity index (χ3v) is 3.89. The van der Waals surface area contributed by atoms with E-state index in [1.165, 1.54) is 71.2 Å². The van der Waals surface area contributed by atoms with E-state index in [1.807, 2.05) is 0 Å². The van der Waals surface area contributed by atoms with Crippen LogP contribution in [0.4, 0.5) is 0 Å². The molecule has 1 N–H and O–H groups in total. The second kappa shape index (κ2) is 13.8. The Bertz CT molecular complexity index is 161. The normalized spacial score (nSPS) is 20.7. The second-order valence-corrected chi connectivity index (χ2v) is 6.60. The molecule has 2 aliphatic heterocycles. The first kappa shape index (κ1) is 19.9. The van der Waals surface area contributed by atoms with Crippen molar-refractivity contribution in [3.63, 3.8) is 0 Å². The molecule has 3 nitrogen and oxygen atoms in total. The standard InChI is InChI=1S/C7H15N.C5H11N.C5H13N/c1-7-3-5-8(2)6-4-7;1-2-4-6-5-3-1;1-4-5-6(2)3/h7H,3-6H2,1-2H3;6H,1-5H2;4-5H2,1-3H3. The van der Waals surface area contributed by atoms with Crippen molar-refractivity contribution in [1.29, 1.82) is 0 Å². The summed E-state index contributed by atoms with van der Waals surface area (Å²) in [6, 6.07) is 0. The summed E-state index contributed by atoms with van der Waals surface area (Å²) in [5.74, 6) is 0.978. The maximum absolute atomic E-state index is 3.28. The van der Waals surface area contributed by atoms with Crippen molar-refractivity contribution in [2.24, 2.45) is 5.92 Å². The molecule has 2 fully saturated rings. The SMILES string of the molecule is C1CCNCC1.CC1CCN(C)CC1.CCCN(C)C. The van der Waals surface area contributed by atoms with Gasteiger partial charge in [0.25, 0.3) is 0 Å². The highest BCUT2D eigenvalue weighted by Crippen LogP contribution is 2.13. The van der Waals surface area contributed by atoms with Gasteiger partial charge in [0, 0.05) is 0 Å². The summed E-state index contributed by atoms with van der Waals surface area (Å²) in [6.07, 6.45) is 8.27. The summed E-state index contributed by atoms with van der Waals surface area (Å²) in [5, 5.41) is 3.28. The fourth-order valence-electron chi connectivity index (χ4n) is 2.39.